The van der Waals surface area contributed by atoms with Crippen molar-refractivity contribution in [1.29, 1.82) is 0 Å². The standard InChI is InChI=1S/C21H28N4O3/c1-15-5-3-4-12-25(15)21(28)22-11-10-16-6-8-17(9-7-16)19-18(14-26)13-23-24(2)20(19)27/h6-9,13,15,26H,3-5,10-12,14H2,1-2H3,(H,22,28). The van der Waals surface area contributed by atoms with E-state index in [0.29, 0.717) is 23.7 Å². The van der Waals surface area contributed by atoms with Crippen molar-refractivity contribution in [1.82, 2.24) is 20.0 Å². The summed E-state index contributed by atoms with van der Waals surface area (Å²) < 4.78 is 1.26. The van der Waals surface area contributed by atoms with Crippen LogP contribution in [0, 0.1) is 0 Å². The molecule has 1 aliphatic heterocycles. The predicted octanol–water partition coefficient (Wildman–Crippen LogP) is 2.07. The molecule has 1 unspecified atom stereocenters. The van der Waals surface area contributed by atoms with Crippen molar-refractivity contribution in [3.8, 4) is 11.1 Å². The lowest BCUT2D eigenvalue weighted by molar-refractivity contribution is 0.158. The van der Waals surface area contributed by atoms with E-state index in [1.807, 2.05) is 29.2 Å². The Morgan fingerprint density at radius 1 is 1.29 bits per heavy atom. The van der Waals surface area contributed by atoms with Gasteiger partial charge in [0.05, 0.1) is 18.4 Å². The molecular weight excluding hydrogens is 356 g/mol. The summed E-state index contributed by atoms with van der Waals surface area (Å²) >= 11 is 0. The summed E-state index contributed by atoms with van der Waals surface area (Å²) in [6.07, 6.45) is 5.57. The lowest BCUT2D eigenvalue weighted by Gasteiger charge is -2.33. The van der Waals surface area contributed by atoms with Crippen LogP contribution in [-0.2, 0) is 20.1 Å². The fourth-order valence-electron chi connectivity index (χ4n) is 3.65. The Morgan fingerprint density at radius 2 is 2.04 bits per heavy atom. The molecule has 0 spiro atoms. The van der Waals surface area contributed by atoms with Crippen molar-refractivity contribution >= 4 is 6.03 Å². The van der Waals surface area contributed by atoms with Gasteiger partial charge in [0.2, 0.25) is 0 Å². The number of nitrogens with zero attached hydrogens (tertiary/aromatic N) is 3. The number of rotatable bonds is 5. The van der Waals surface area contributed by atoms with Crippen LogP contribution in [0.3, 0.4) is 0 Å². The lowest BCUT2D eigenvalue weighted by Crippen LogP contribution is -2.47. The number of carbonyl (C=O) groups excluding carboxylic acids is 1. The van der Waals surface area contributed by atoms with Gasteiger partial charge in [0.1, 0.15) is 0 Å². The van der Waals surface area contributed by atoms with Crippen LogP contribution in [0.15, 0.2) is 35.3 Å². The van der Waals surface area contributed by atoms with Crippen LogP contribution in [0.1, 0.15) is 37.3 Å². The van der Waals surface area contributed by atoms with Gasteiger partial charge in [-0.05, 0) is 43.7 Å². The van der Waals surface area contributed by atoms with Gasteiger partial charge >= 0.3 is 6.03 Å². The van der Waals surface area contributed by atoms with Gasteiger partial charge in [-0.15, -0.1) is 0 Å². The fraction of sp³-hybridized carbons (Fsp3) is 0.476. The topological polar surface area (TPSA) is 87.5 Å². The lowest BCUT2D eigenvalue weighted by atomic mass is 10.0. The first-order valence-corrected chi connectivity index (χ1v) is 9.81. The number of aryl methyl sites for hydroxylation is 1. The van der Waals surface area contributed by atoms with Crippen LogP contribution >= 0.6 is 0 Å². The smallest absolute Gasteiger partial charge is 0.317 e. The normalized spacial score (nSPS) is 16.8. The molecule has 7 heteroatoms. The van der Waals surface area contributed by atoms with Crippen molar-refractivity contribution in [2.75, 3.05) is 13.1 Å². The summed E-state index contributed by atoms with van der Waals surface area (Å²) in [7, 11) is 1.59. The minimum absolute atomic E-state index is 0.0108. The highest BCUT2D eigenvalue weighted by Crippen LogP contribution is 2.20. The van der Waals surface area contributed by atoms with Crippen LogP contribution in [0.5, 0.6) is 0 Å². The van der Waals surface area contributed by atoms with Crippen molar-refractivity contribution in [2.24, 2.45) is 7.05 Å². The highest BCUT2D eigenvalue weighted by atomic mass is 16.3. The molecule has 0 saturated carbocycles. The number of aliphatic hydroxyl groups excluding tert-OH is 1. The largest absolute Gasteiger partial charge is 0.392 e. The van der Waals surface area contributed by atoms with Crippen LogP contribution in [0.2, 0.25) is 0 Å². The quantitative estimate of drug-likeness (QED) is 0.826. The maximum atomic E-state index is 12.4. The first kappa shape index (κ1) is 20.1. The first-order chi connectivity index (χ1) is 13.5. The molecule has 1 aromatic heterocycles. The minimum atomic E-state index is -0.235. The number of amides is 2. The molecule has 1 atom stereocenters. The van der Waals surface area contributed by atoms with Crippen LogP contribution in [0.25, 0.3) is 11.1 Å². The highest BCUT2D eigenvalue weighted by molar-refractivity contribution is 5.74. The molecular formula is C21H28N4O3. The molecule has 0 aliphatic carbocycles. The molecule has 1 aliphatic rings. The van der Waals surface area contributed by atoms with Crippen molar-refractivity contribution < 1.29 is 9.90 Å². The monoisotopic (exact) mass is 384 g/mol. The summed E-state index contributed by atoms with van der Waals surface area (Å²) in [6.45, 7) is 3.26. The van der Waals surface area contributed by atoms with E-state index in [-0.39, 0.29) is 18.2 Å². The summed E-state index contributed by atoms with van der Waals surface area (Å²) in [6, 6.07) is 7.96. The van der Waals surface area contributed by atoms with Crippen LogP contribution in [0.4, 0.5) is 4.79 Å². The molecule has 1 fully saturated rings. The molecule has 1 aromatic carbocycles. The van der Waals surface area contributed by atoms with Gasteiger partial charge in [0.15, 0.2) is 0 Å². The number of aromatic nitrogens is 2. The number of urea groups is 1. The Kier molecular flexibility index (Phi) is 6.46. The average Bonchev–Trinajstić information content (AvgIpc) is 2.71. The second kappa shape index (κ2) is 9.01. The Hall–Kier alpha value is -2.67. The Balaban J connectivity index is 1.62. The number of hydrogen-bond donors (Lipinski definition) is 2. The van der Waals surface area contributed by atoms with Crippen molar-refractivity contribution in [3.63, 3.8) is 0 Å². The van der Waals surface area contributed by atoms with E-state index < -0.39 is 0 Å². The van der Waals surface area contributed by atoms with E-state index in [9.17, 15) is 14.7 Å². The molecule has 0 bridgehead atoms. The van der Waals surface area contributed by atoms with Gasteiger partial charge in [-0.25, -0.2) is 9.48 Å². The van der Waals surface area contributed by atoms with Gasteiger partial charge in [-0.2, -0.15) is 5.10 Å². The van der Waals surface area contributed by atoms with Crippen LogP contribution < -0.4 is 10.9 Å². The van der Waals surface area contributed by atoms with Gasteiger partial charge in [-0.1, -0.05) is 24.3 Å². The summed E-state index contributed by atoms with van der Waals surface area (Å²) in [5.74, 6) is 0. The van der Waals surface area contributed by atoms with Gasteiger partial charge in [0.25, 0.3) is 5.56 Å². The molecule has 0 radical (unpaired) electrons. The average molecular weight is 384 g/mol. The summed E-state index contributed by atoms with van der Waals surface area (Å²) in [5.41, 5.74) is 2.58. The number of hydrogen-bond acceptors (Lipinski definition) is 4. The number of piperidine rings is 1. The Morgan fingerprint density at radius 3 is 2.71 bits per heavy atom. The van der Waals surface area contributed by atoms with Crippen LogP contribution in [-0.4, -0.2) is 44.9 Å². The van der Waals surface area contributed by atoms with E-state index in [1.54, 1.807) is 7.05 Å². The third-order valence-corrected chi connectivity index (χ3v) is 5.38. The second-order valence-corrected chi connectivity index (χ2v) is 7.35. The van der Waals surface area contributed by atoms with Gasteiger partial charge in [-0.3, -0.25) is 4.79 Å². The third kappa shape index (κ3) is 4.42. The van der Waals surface area contributed by atoms with E-state index >= 15 is 0 Å². The van der Waals surface area contributed by atoms with Gasteiger partial charge < -0.3 is 15.3 Å². The molecule has 2 heterocycles. The zero-order chi connectivity index (χ0) is 20.1. The van der Waals surface area contributed by atoms with Gasteiger partial charge in [0, 0.05) is 31.7 Å². The van der Waals surface area contributed by atoms with E-state index in [1.165, 1.54) is 17.3 Å². The number of nitrogens with one attached hydrogen (secondary N) is 1. The molecule has 150 valence electrons. The van der Waals surface area contributed by atoms with Crippen molar-refractivity contribution in [2.45, 2.75) is 45.3 Å². The molecule has 2 aromatic rings. The maximum Gasteiger partial charge on any atom is 0.317 e. The maximum absolute atomic E-state index is 12.4. The number of carbonyl (C=O) groups is 1. The zero-order valence-corrected chi connectivity index (χ0v) is 16.5. The summed E-state index contributed by atoms with van der Waals surface area (Å²) in [5, 5.41) is 16.5. The Labute approximate surface area is 165 Å². The molecule has 3 rings (SSSR count). The third-order valence-electron chi connectivity index (χ3n) is 5.38. The molecule has 7 nitrogen and oxygen atoms in total. The van der Waals surface area contributed by atoms with E-state index in [4.69, 9.17) is 0 Å². The Bertz CT molecular complexity index is 876. The predicted molar refractivity (Wildman–Crippen MR) is 108 cm³/mol. The molecule has 2 amide bonds. The van der Waals surface area contributed by atoms with E-state index in [0.717, 1.165) is 36.9 Å². The molecule has 1 saturated heterocycles. The number of aliphatic hydroxyl groups is 1. The first-order valence-electron chi connectivity index (χ1n) is 9.81. The summed E-state index contributed by atoms with van der Waals surface area (Å²) in [4.78, 5) is 26.6. The van der Waals surface area contributed by atoms with Crippen molar-refractivity contribution in [3.05, 3.63) is 51.9 Å². The number of benzene rings is 1. The fourth-order valence-corrected chi connectivity index (χ4v) is 3.65. The van der Waals surface area contributed by atoms with E-state index in [2.05, 4.69) is 17.3 Å². The zero-order valence-electron chi connectivity index (χ0n) is 16.5. The number of likely N-dealkylation sites (tertiary alicyclic amines) is 1. The minimum Gasteiger partial charge on any atom is -0.392 e. The molecule has 28 heavy (non-hydrogen) atoms. The second-order valence-electron chi connectivity index (χ2n) is 7.35. The SMILES string of the molecule is CC1CCCCN1C(=O)NCCc1ccc(-c2c(CO)cnn(C)c2=O)cc1. The highest BCUT2D eigenvalue weighted by Gasteiger charge is 2.22. The molecule has 2 N–H and O–H groups in total.